The van der Waals surface area contributed by atoms with Crippen LogP contribution in [0, 0.1) is 6.07 Å². The number of halogens is 1. The van der Waals surface area contributed by atoms with E-state index in [1.165, 1.54) is 44.5 Å². The molecule has 2 unspecified atom stereocenters. The Balaban J connectivity index is 0.000000210. The van der Waals surface area contributed by atoms with Gasteiger partial charge in [-0.25, -0.2) is 12.1 Å². The van der Waals surface area contributed by atoms with Crippen LogP contribution in [0.15, 0.2) is 121 Å². The van der Waals surface area contributed by atoms with Crippen molar-refractivity contribution in [3.63, 3.8) is 0 Å². The molecule has 0 heterocycles. The van der Waals surface area contributed by atoms with Crippen LogP contribution in [0.5, 0.6) is 0 Å². The predicted molar refractivity (Wildman–Crippen MR) is 188 cm³/mol. The van der Waals surface area contributed by atoms with Crippen LogP contribution in [-0.4, -0.2) is 3.21 Å². The largest absolute Gasteiger partial charge is 1.00 e. The molecule has 0 bridgehead atoms. The van der Waals surface area contributed by atoms with Crippen LogP contribution in [0.3, 0.4) is 0 Å². The molecule has 0 spiro atoms. The minimum atomic E-state index is 0. The summed E-state index contributed by atoms with van der Waals surface area (Å²) in [5.74, 6) is 1.08. The zero-order valence-corrected chi connectivity index (χ0v) is 31.5. The Labute approximate surface area is 294 Å². The van der Waals surface area contributed by atoms with E-state index < -0.39 is 0 Å². The van der Waals surface area contributed by atoms with Crippen molar-refractivity contribution in [2.24, 2.45) is 0 Å². The first kappa shape index (κ1) is 36.7. The van der Waals surface area contributed by atoms with Crippen molar-refractivity contribution < 1.29 is 36.6 Å². The third-order valence-corrected chi connectivity index (χ3v) is 10.7. The molecule has 5 aromatic rings. The summed E-state index contributed by atoms with van der Waals surface area (Å²) in [6.07, 6.45) is 1.03. The Morgan fingerprint density at radius 1 is 0.667 bits per heavy atom. The fourth-order valence-electron chi connectivity index (χ4n) is 5.57. The Kier molecular flexibility index (Phi) is 13.2. The van der Waals surface area contributed by atoms with Gasteiger partial charge in [-0.1, -0.05) is 65.3 Å². The molecule has 1 aliphatic carbocycles. The van der Waals surface area contributed by atoms with Gasteiger partial charge < -0.3 is 12.4 Å². The zero-order valence-electron chi connectivity index (χ0n) is 28.3. The van der Waals surface area contributed by atoms with Gasteiger partial charge in [-0.05, 0) is 28.4 Å². The number of fused-ring (bicyclic) bond motifs is 3. The third-order valence-electron chi connectivity index (χ3n) is 8.55. The average Bonchev–Trinajstić information content (AvgIpc) is 3.72. The van der Waals surface area contributed by atoms with Crippen LogP contribution in [0.2, 0.25) is 0 Å². The number of benzene rings is 4. The van der Waals surface area contributed by atoms with Gasteiger partial charge in [0, 0.05) is 0 Å². The molecule has 0 saturated carbocycles. The second-order valence-electron chi connectivity index (χ2n) is 14.0. The van der Waals surface area contributed by atoms with Gasteiger partial charge in [0.25, 0.3) is 0 Å². The first-order valence-electron chi connectivity index (χ1n) is 15.9. The molecule has 0 N–H and O–H groups in total. The smallest absolute Gasteiger partial charge is 0.172 e. The molecule has 6 rings (SSSR count). The molecular weight excluding hydrogens is 643 g/mol. The quantitative estimate of drug-likeness (QED) is 0.163. The van der Waals surface area contributed by atoms with Gasteiger partial charge in [0.1, 0.15) is 0 Å². The van der Waals surface area contributed by atoms with E-state index in [0.717, 1.165) is 6.42 Å². The zero-order chi connectivity index (χ0) is 31.9. The van der Waals surface area contributed by atoms with E-state index in [-0.39, 0.29) is 23.2 Å². The third kappa shape index (κ3) is 9.88. The maximum Gasteiger partial charge on any atom is -0.172 e. The molecule has 0 aliphatic heterocycles. The van der Waals surface area contributed by atoms with Gasteiger partial charge in [-0.3, -0.25) is 0 Å². The van der Waals surface area contributed by atoms with Gasteiger partial charge in [-0.2, -0.15) is 42.0 Å². The first-order chi connectivity index (χ1) is 20.9. The van der Waals surface area contributed by atoms with Gasteiger partial charge >= 0.3 is 125 Å². The normalized spacial score (nSPS) is 13.0. The summed E-state index contributed by atoms with van der Waals surface area (Å²) in [5, 5.41) is 0. The maximum atomic E-state index is 3.67. The molecule has 0 aromatic heterocycles. The SMILES string of the molecule is CC(C)(C)c1[c-]c2c(cc1)-c1ccc(C(C)(C)C)cc1C2.CC([C](=[Zr])C(C)c1ccccc1)c1ccccc1.[Cl-].c1cc[cH-]c1. The summed E-state index contributed by atoms with van der Waals surface area (Å²) in [6, 6.07) is 46.8. The van der Waals surface area contributed by atoms with Crippen molar-refractivity contribution in [3.8, 4) is 11.1 Å². The van der Waals surface area contributed by atoms with Crippen LogP contribution in [0.25, 0.3) is 11.1 Å². The Hall–Kier alpha value is -2.73. The van der Waals surface area contributed by atoms with E-state index in [9.17, 15) is 0 Å². The number of hydrogen-bond acceptors (Lipinski definition) is 0. The summed E-state index contributed by atoms with van der Waals surface area (Å²) in [4.78, 5) is 0. The summed E-state index contributed by atoms with van der Waals surface area (Å²) in [7, 11) is 0. The van der Waals surface area contributed by atoms with Crippen molar-refractivity contribution in [3.05, 3.63) is 161 Å². The van der Waals surface area contributed by atoms with Gasteiger partial charge in [-0.15, -0.1) is 11.1 Å². The standard InChI is InChI=1S/C21H25.C17H18.C5H5.ClH.Zr/c1-20(2,3)16-7-9-18-14(12-16)11-15-13-17(21(4,5)6)8-10-19(15)18;1-14(16-9-5-3-6-10-16)13-15(2)17-11-7-4-8-12-17;1-2-4-5-3-1;;/h7-10,12H,11H2,1-6H3;3-12,14-15H,1-2H3;1-5H;1H;/q-1;;-1;;/p-1. The molecule has 5 aromatic carbocycles. The van der Waals surface area contributed by atoms with Gasteiger partial charge in [0.15, 0.2) is 0 Å². The van der Waals surface area contributed by atoms with Crippen LogP contribution in [0.1, 0.15) is 101 Å². The summed E-state index contributed by atoms with van der Waals surface area (Å²) in [5.41, 5.74) is 11.6. The van der Waals surface area contributed by atoms with E-state index in [0.29, 0.717) is 11.8 Å². The van der Waals surface area contributed by atoms with Crippen molar-refractivity contribution in [2.75, 3.05) is 0 Å². The van der Waals surface area contributed by atoms with Crippen LogP contribution >= 0.6 is 0 Å². The minimum absolute atomic E-state index is 0. The second kappa shape index (κ2) is 16.2. The van der Waals surface area contributed by atoms with Gasteiger partial charge in [0.05, 0.1) is 0 Å². The fourth-order valence-corrected chi connectivity index (χ4v) is 6.39. The number of hydrogen-bond donors (Lipinski definition) is 0. The van der Waals surface area contributed by atoms with Crippen LogP contribution in [0.4, 0.5) is 0 Å². The average molecular weight is 692 g/mol. The van der Waals surface area contributed by atoms with Crippen molar-refractivity contribution in [1.82, 2.24) is 0 Å². The predicted octanol–water partition coefficient (Wildman–Crippen LogP) is 8.38. The van der Waals surface area contributed by atoms with Gasteiger partial charge in [0.2, 0.25) is 0 Å². The van der Waals surface area contributed by atoms with Crippen molar-refractivity contribution in [2.45, 2.75) is 84.5 Å². The molecular formula is C43H48ClZr-3. The van der Waals surface area contributed by atoms with Crippen molar-refractivity contribution in [1.29, 1.82) is 0 Å². The molecule has 45 heavy (non-hydrogen) atoms. The Morgan fingerprint density at radius 2 is 1.18 bits per heavy atom. The molecule has 0 nitrogen and oxygen atoms in total. The monoisotopic (exact) mass is 689 g/mol. The molecule has 0 amide bonds. The van der Waals surface area contributed by atoms with E-state index >= 15 is 0 Å². The first-order valence-corrected chi connectivity index (χ1v) is 17.1. The molecule has 1 aliphatic rings. The summed E-state index contributed by atoms with van der Waals surface area (Å²) in [6.45, 7) is 18.2. The number of rotatable bonds is 4. The maximum absolute atomic E-state index is 3.67. The summed E-state index contributed by atoms with van der Waals surface area (Å²) < 4.78 is 1.61. The fraction of sp³-hybridized carbons (Fsp3) is 0.302. The Bertz CT molecular complexity index is 1490. The minimum Gasteiger partial charge on any atom is -1.00 e. The molecule has 0 radical (unpaired) electrons. The topological polar surface area (TPSA) is 0 Å². The van der Waals surface area contributed by atoms with Crippen molar-refractivity contribution >= 4 is 3.21 Å². The second-order valence-corrected chi connectivity index (χ2v) is 15.4. The molecule has 2 atom stereocenters. The molecule has 2 heteroatoms. The van der Waals surface area contributed by atoms with Crippen LogP contribution in [-0.2, 0) is 41.5 Å². The molecule has 234 valence electrons. The van der Waals surface area contributed by atoms with E-state index in [1.807, 2.05) is 30.3 Å². The van der Waals surface area contributed by atoms with E-state index in [2.05, 4.69) is 152 Å². The Morgan fingerprint density at radius 3 is 1.62 bits per heavy atom. The molecule has 0 fully saturated rings. The van der Waals surface area contributed by atoms with E-state index in [1.54, 1.807) is 27.4 Å². The van der Waals surface area contributed by atoms with Crippen LogP contribution < -0.4 is 12.4 Å². The molecule has 0 saturated heterocycles. The van der Waals surface area contributed by atoms with E-state index in [4.69, 9.17) is 0 Å². The summed E-state index contributed by atoms with van der Waals surface area (Å²) >= 11 is 1.54.